The summed E-state index contributed by atoms with van der Waals surface area (Å²) in [5, 5.41) is 18.9. The summed E-state index contributed by atoms with van der Waals surface area (Å²) in [6, 6.07) is 0.454. The van der Waals surface area contributed by atoms with E-state index in [2.05, 4.69) is 20.0 Å². The molecule has 1 unspecified atom stereocenters. The third-order valence-electron chi connectivity index (χ3n) is 5.69. The number of hydrogen-bond donors (Lipinski definition) is 1. The minimum atomic E-state index is -0.654. The Labute approximate surface area is 139 Å². The van der Waals surface area contributed by atoms with Crippen molar-refractivity contribution in [3.8, 4) is 0 Å². The molecule has 0 bridgehead atoms. The van der Waals surface area contributed by atoms with Crippen LogP contribution in [0.25, 0.3) is 0 Å². The predicted molar refractivity (Wildman–Crippen MR) is 85.7 cm³/mol. The molecule has 0 amide bonds. The normalized spacial score (nSPS) is 35.2. The molecule has 3 saturated heterocycles. The molecule has 0 saturated carbocycles. The summed E-state index contributed by atoms with van der Waals surface area (Å²) < 4.78 is 5.53. The number of anilines is 1. The van der Waals surface area contributed by atoms with Crippen LogP contribution in [0.4, 0.5) is 5.13 Å². The summed E-state index contributed by atoms with van der Waals surface area (Å²) in [5.74, 6) is -0.522. The lowest BCUT2D eigenvalue weighted by Crippen LogP contribution is -2.44. The van der Waals surface area contributed by atoms with Gasteiger partial charge >= 0.3 is 5.97 Å². The number of nitrogens with zero attached hydrogens (tertiary/aromatic N) is 4. The summed E-state index contributed by atoms with van der Waals surface area (Å²) in [7, 11) is 0. The van der Waals surface area contributed by atoms with E-state index < -0.39 is 11.4 Å². The van der Waals surface area contributed by atoms with Gasteiger partial charge in [-0.1, -0.05) is 11.3 Å². The topological polar surface area (TPSA) is 78.8 Å². The number of fused-ring (bicyclic) bond motifs is 1. The van der Waals surface area contributed by atoms with Crippen LogP contribution in [0.15, 0.2) is 5.51 Å². The summed E-state index contributed by atoms with van der Waals surface area (Å²) in [5.41, 5.74) is 1.05. The first-order valence-electron chi connectivity index (χ1n) is 8.25. The number of likely N-dealkylation sites (tertiary alicyclic amines) is 1. The summed E-state index contributed by atoms with van der Waals surface area (Å²) in [4.78, 5) is 16.7. The van der Waals surface area contributed by atoms with Crippen LogP contribution in [-0.4, -0.2) is 71.6 Å². The second kappa shape index (κ2) is 5.99. The van der Waals surface area contributed by atoms with Crippen molar-refractivity contribution in [1.29, 1.82) is 0 Å². The highest BCUT2D eigenvalue weighted by Gasteiger charge is 2.54. The highest BCUT2D eigenvalue weighted by atomic mass is 32.1. The smallest absolute Gasteiger partial charge is 0.311 e. The van der Waals surface area contributed by atoms with Crippen LogP contribution >= 0.6 is 11.3 Å². The standard InChI is InChI=1S/C15H22N4O3S/c20-13(21)15-3-1-4-18(12-2-5-22-8-12)6-11(15)7-19(9-15)14-17-16-10-23-14/h10-12H,1-9H2,(H,20,21)/t11-,12?,15-/m1/s1. The van der Waals surface area contributed by atoms with Gasteiger partial charge in [-0.25, -0.2) is 0 Å². The molecule has 0 spiro atoms. The quantitative estimate of drug-likeness (QED) is 0.878. The first-order chi connectivity index (χ1) is 11.2. The van der Waals surface area contributed by atoms with Gasteiger partial charge in [0.2, 0.25) is 5.13 Å². The molecule has 3 aliphatic heterocycles. The molecular weight excluding hydrogens is 316 g/mol. The zero-order valence-electron chi connectivity index (χ0n) is 13.1. The molecule has 0 aliphatic carbocycles. The van der Waals surface area contributed by atoms with E-state index in [-0.39, 0.29) is 5.92 Å². The molecule has 8 heteroatoms. The molecule has 0 aromatic carbocycles. The molecule has 7 nitrogen and oxygen atoms in total. The van der Waals surface area contributed by atoms with Crippen LogP contribution in [0.5, 0.6) is 0 Å². The zero-order valence-corrected chi connectivity index (χ0v) is 13.9. The molecule has 3 atom stereocenters. The zero-order chi connectivity index (χ0) is 15.9. The molecular formula is C15H22N4O3S. The molecule has 1 N–H and O–H groups in total. The van der Waals surface area contributed by atoms with Gasteiger partial charge in [-0.2, -0.15) is 0 Å². The molecule has 126 valence electrons. The van der Waals surface area contributed by atoms with Crippen molar-refractivity contribution in [3.05, 3.63) is 5.51 Å². The predicted octanol–water partition coefficient (Wildman–Crippen LogP) is 0.930. The van der Waals surface area contributed by atoms with E-state index in [0.29, 0.717) is 12.6 Å². The fraction of sp³-hybridized carbons (Fsp3) is 0.800. The van der Waals surface area contributed by atoms with E-state index in [4.69, 9.17) is 4.74 Å². The fourth-order valence-corrected chi connectivity index (χ4v) is 4.98. The van der Waals surface area contributed by atoms with Gasteiger partial charge in [-0.05, 0) is 25.8 Å². The number of aromatic nitrogens is 2. The van der Waals surface area contributed by atoms with Gasteiger partial charge in [0.25, 0.3) is 0 Å². The maximum atomic E-state index is 12.2. The summed E-state index contributed by atoms with van der Waals surface area (Å²) in [6.45, 7) is 4.75. The van der Waals surface area contributed by atoms with Crippen molar-refractivity contribution >= 4 is 22.4 Å². The van der Waals surface area contributed by atoms with E-state index in [1.165, 1.54) is 11.3 Å². The number of ether oxygens (including phenoxy) is 1. The Bertz CT molecular complexity index is 563. The Morgan fingerprint density at radius 1 is 1.48 bits per heavy atom. The van der Waals surface area contributed by atoms with Crippen LogP contribution in [-0.2, 0) is 9.53 Å². The molecule has 1 aromatic heterocycles. The molecule has 4 heterocycles. The third kappa shape index (κ3) is 2.62. The molecule has 3 fully saturated rings. The largest absolute Gasteiger partial charge is 0.481 e. The van der Waals surface area contributed by atoms with Gasteiger partial charge in [-0.3, -0.25) is 9.69 Å². The van der Waals surface area contributed by atoms with Gasteiger partial charge in [0, 0.05) is 38.2 Å². The average molecular weight is 338 g/mol. The van der Waals surface area contributed by atoms with Gasteiger partial charge in [0.1, 0.15) is 5.51 Å². The van der Waals surface area contributed by atoms with E-state index in [1.54, 1.807) is 5.51 Å². The Balaban J connectivity index is 1.58. The van der Waals surface area contributed by atoms with Gasteiger partial charge in [0.15, 0.2) is 0 Å². The highest BCUT2D eigenvalue weighted by Crippen LogP contribution is 2.45. The van der Waals surface area contributed by atoms with Crippen molar-refractivity contribution in [2.45, 2.75) is 25.3 Å². The van der Waals surface area contributed by atoms with Crippen LogP contribution in [0, 0.1) is 11.3 Å². The number of rotatable bonds is 3. The van der Waals surface area contributed by atoms with Crippen molar-refractivity contribution in [2.75, 3.05) is 44.3 Å². The Morgan fingerprint density at radius 2 is 2.39 bits per heavy atom. The van der Waals surface area contributed by atoms with Crippen LogP contribution in [0.2, 0.25) is 0 Å². The molecule has 0 radical (unpaired) electrons. The van der Waals surface area contributed by atoms with Gasteiger partial charge in [-0.15, -0.1) is 10.2 Å². The number of hydrogen-bond acceptors (Lipinski definition) is 7. The molecule has 3 aliphatic rings. The monoisotopic (exact) mass is 338 g/mol. The average Bonchev–Trinajstić information content (AvgIpc) is 3.26. The fourth-order valence-electron chi connectivity index (χ4n) is 4.40. The second-order valence-corrected chi connectivity index (χ2v) is 7.69. The maximum Gasteiger partial charge on any atom is 0.311 e. The second-order valence-electron chi connectivity index (χ2n) is 6.88. The lowest BCUT2D eigenvalue weighted by atomic mass is 9.75. The first-order valence-corrected chi connectivity index (χ1v) is 9.13. The van der Waals surface area contributed by atoms with Crippen molar-refractivity contribution < 1.29 is 14.6 Å². The van der Waals surface area contributed by atoms with Crippen molar-refractivity contribution in [2.24, 2.45) is 11.3 Å². The van der Waals surface area contributed by atoms with E-state index >= 15 is 0 Å². The van der Waals surface area contributed by atoms with Crippen molar-refractivity contribution in [3.63, 3.8) is 0 Å². The molecule has 23 heavy (non-hydrogen) atoms. The SMILES string of the molecule is O=C(O)[C@@]12CCCN(C3CCOC3)C[C@@H]1CN(c1nncs1)C2. The lowest BCUT2D eigenvalue weighted by Gasteiger charge is -2.31. The number of carbonyl (C=O) groups is 1. The Hall–Kier alpha value is -1.25. The van der Waals surface area contributed by atoms with Crippen LogP contribution < -0.4 is 4.90 Å². The van der Waals surface area contributed by atoms with Gasteiger partial charge in [0.05, 0.1) is 12.0 Å². The highest BCUT2D eigenvalue weighted by molar-refractivity contribution is 7.13. The van der Waals surface area contributed by atoms with Gasteiger partial charge < -0.3 is 14.7 Å². The van der Waals surface area contributed by atoms with E-state index in [1.807, 2.05) is 0 Å². The van der Waals surface area contributed by atoms with Crippen LogP contribution in [0.1, 0.15) is 19.3 Å². The summed E-state index contributed by atoms with van der Waals surface area (Å²) in [6.07, 6.45) is 2.74. The third-order valence-corrected chi connectivity index (χ3v) is 6.44. The minimum Gasteiger partial charge on any atom is -0.481 e. The van der Waals surface area contributed by atoms with E-state index in [0.717, 1.165) is 57.2 Å². The van der Waals surface area contributed by atoms with E-state index in [9.17, 15) is 9.90 Å². The molecule has 1 aromatic rings. The number of carboxylic acids is 1. The number of aliphatic carboxylic acids is 1. The lowest BCUT2D eigenvalue weighted by molar-refractivity contribution is -0.150. The van der Waals surface area contributed by atoms with Crippen LogP contribution in [0.3, 0.4) is 0 Å². The summed E-state index contributed by atoms with van der Waals surface area (Å²) >= 11 is 1.48. The minimum absolute atomic E-state index is 0.131. The number of carboxylic acid groups (broad SMARTS) is 1. The Kier molecular flexibility index (Phi) is 3.98. The molecule has 4 rings (SSSR count). The van der Waals surface area contributed by atoms with Crippen molar-refractivity contribution in [1.82, 2.24) is 15.1 Å². The maximum absolute atomic E-state index is 12.2. The Morgan fingerprint density at radius 3 is 3.09 bits per heavy atom. The first kappa shape index (κ1) is 15.3.